The van der Waals surface area contributed by atoms with Crippen molar-refractivity contribution in [3.8, 4) is 0 Å². The minimum atomic E-state index is -0.932. The third-order valence-electron chi connectivity index (χ3n) is 2.59. The average Bonchev–Trinajstić information content (AvgIpc) is 2.82. The largest absolute Gasteiger partial charge is 0.481 e. The summed E-state index contributed by atoms with van der Waals surface area (Å²) < 4.78 is 5.00. The van der Waals surface area contributed by atoms with E-state index in [0.717, 1.165) is 0 Å². The van der Waals surface area contributed by atoms with Crippen LogP contribution in [0, 0.1) is 5.92 Å². The Morgan fingerprint density at radius 3 is 2.58 bits per heavy atom. The molecule has 0 aliphatic heterocycles. The molecule has 2 N–H and O–H groups in total. The summed E-state index contributed by atoms with van der Waals surface area (Å²) in [6, 6.07) is 0. The number of nitrogens with one attached hydrogen (secondary N) is 1. The highest BCUT2D eigenvalue weighted by Gasteiger charge is 2.14. The normalized spacial score (nSPS) is 12.4. The predicted molar refractivity (Wildman–Crippen MR) is 66.5 cm³/mol. The van der Waals surface area contributed by atoms with Gasteiger partial charge >= 0.3 is 5.97 Å². The highest BCUT2D eigenvalue weighted by atomic mass is 16.5. The summed E-state index contributed by atoms with van der Waals surface area (Å²) in [6.45, 7) is 5.56. The molecule has 19 heavy (non-hydrogen) atoms. The average molecular weight is 269 g/mol. The van der Waals surface area contributed by atoms with Crippen LogP contribution < -0.4 is 5.32 Å². The van der Waals surface area contributed by atoms with E-state index in [9.17, 15) is 9.59 Å². The number of hydrogen-bond donors (Lipinski definition) is 2. The Kier molecular flexibility index (Phi) is 5.47. The second kappa shape index (κ2) is 6.86. The van der Waals surface area contributed by atoms with Gasteiger partial charge in [0, 0.05) is 25.3 Å². The number of rotatable bonds is 7. The molecule has 0 saturated heterocycles. The van der Waals surface area contributed by atoms with Gasteiger partial charge in [0.05, 0.1) is 5.92 Å². The van der Waals surface area contributed by atoms with Crippen molar-refractivity contribution in [3.05, 3.63) is 11.7 Å². The van der Waals surface area contributed by atoms with Crippen molar-refractivity contribution in [2.45, 2.75) is 39.5 Å². The molecule has 0 radical (unpaired) electrons. The monoisotopic (exact) mass is 269 g/mol. The van der Waals surface area contributed by atoms with E-state index in [2.05, 4.69) is 15.5 Å². The quantitative estimate of drug-likeness (QED) is 0.763. The van der Waals surface area contributed by atoms with Crippen molar-refractivity contribution >= 4 is 11.9 Å². The second-order valence-corrected chi connectivity index (χ2v) is 4.74. The summed E-state index contributed by atoms with van der Waals surface area (Å²) in [6.07, 6.45) is 0.555. The molecule has 1 unspecified atom stereocenters. The molecule has 0 spiro atoms. The maximum absolute atomic E-state index is 11.5. The van der Waals surface area contributed by atoms with Crippen molar-refractivity contribution in [1.82, 2.24) is 15.5 Å². The number of carboxylic acid groups (broad SMARTS) is 1. The van der Waals surface area contributed by atoms with Gasteiger partial charge in [0.25, 0.3) is 0 Å². The number of aromatic nitrogens is 2. The smallest absolute Gasteiger partial charge is 0.308 e. The lowest BCUT2D eigenvalue weighted by molar-refractivity contribution is -0.141. The van der Waals surface area contributed by atoms with Crippen molar-refractivity contribution in [2.75, 3.05) is 6.54 Å². The van der Waals surface area contributed by atoms with Crippen LogP contribution in [0.4, 0.5) is 0 Å². The van der Waals surface area contributed by atoms with E-state index < -0.39 is 11.9 Å². The summed E-state index contributed by atoms with van der Waals surface area (Å²) in [5, 5.41) is 15.0. The molecule has 1 atom stereocenters. The molecule has 1 aromatic rings. The summed E-state index contributed by atoms with van der Waals surface area (Å²) in [4.78, 5) is 26.2. The third-order valence-corrected chi connectivity index (χ3v) is 2.59. The zero-order chi connectivity index (χ0) is 14.4. The van der Waals surface area contributed by atoms with Crippen LogP contribution in [0.2, 0.25) is 0 Å². The predicted octanol–water partition coefficient (Wildman–Crippen LogP) is 0.962. The minimum Gasteiger partial charge on any atom is -0.481 e. The lowest BCUT2D eigenvalue weighted by Gasteiger charge is -2.07. The van der Waals surface area contributed by atoms with Crippen LogP contribution in [-0.2, 0) is 16.0 Å². The first-order valence-corrected chi connectivity index (χ1v) is 6.22. The Morgan fingerprint density at radius 1 is 1.37 bits per heavy atom. The molecule has 0 aliphatic rings. The molecular formula is C12H19N3O4. The van der Waals surface area contributed by atoms with Gasteiger partial charge in [0.1, 0.15) is 0 Å². The number of aryl methyl sites for hydroxylation is 1. The fraction of sp³-hybridized carbons (Fsp3) is 0.667. The standard InChI is InChI=1S/C12H19N3O4/c1-7(2)11-14-10(19-15-11)5-4-9(16)13-6-8(3)12(17)18/h7-8H,4-6H2,1-3H3,(H,13,16)(H,17,18). The Hall–Kier alpha value is -1.92. The SMILES string of the molecule is CC(CNC(=O)CCc1nc(C(C)C)no1)C(=O)O. The van der Waals surface area contributed by atoms with Crippen molar-refractivity contribution < 1.29 is 19.2 Å². The highest BCUT2D eigenvalue weighted by Crippen LogP contribution is 2.10. The zero-order valence-corrected chi connectivity index (χ0v) is 11.3. The molecule has 1 amide bonds. The second-order valence-electron chi connectivity index (χ2n) is 4.74. The molecule has 0 aromatic carbocycles. The van der Waals surface area contributed by atoms with Crippen LogP contribution in [0.1, 0.15) is 44.8 Å². The van der Waals surface area contributed by atoms with Gasteiger partial charge in [-0.05, 0) is 0 Å². The zero-order valence-electron chi connectivity index (χ0n) is 11.3. The Labute approximate surface area is 111 Å². The number of aliphatic carboxylic acids is 1. The highest BCUT2D eigenvalue weighted by molar-refractivity contribution is 5.77. The van der Waals surface area contributed by atoms with Gasteiger partial charge < -0.3 is 14.9 Å². The Morgan fingerprint density at radius 2 is 2.05 bits per heavy atom. The number of hydrogen-bond acceptors (Lipinski definition) is 5. The molecular weight excluding hydrogens is 250 g/mol. The molecule has 0 fully saturated rings. The lowest BCUT2D eigenvalue weighted by Crippen LogP contribution is -2.31. The van der Waals surface area contributed by atoms with Crippen LogP contribution in [0.5, 0.6) is 0 Å². The van der Waals surface area contributed by atoms with Gasteiger partial charge in [0.15, 0.2) is 5.82 Å². The Balaban J connectivity index is 2.31. The van der Waals surface area contributed by atoms with Gasteiger partial charge in [-0.25, -0.2) is 0 Å². The molecule has 1 heterocycles. The first kappa shape index (κ1) is 15.1. The maximum Gasteiger partial charge on any atom is 0.308 e. The van der Waals surface area contributed by atoms with Crippen LogP contribution in [0.25, 0.3) is 0 Å². The van der Waals surface area contributed by atoms with E-state index in [4.69, 9.17) is 9.63 Å². The summed E-state index contributed by atoms with van der Waals surface area (Å²) >= 11 is 0. The fourth-order valence-electron chi connectivity index (χ4n) is 1.27. The summed E-state index contributed by atoms with van der Waals surface area (Å²) in [5.74, 6) is -0.529. The third kappa shape index (κ3) is 5.07. The first-order chi connectivity index (χ1) is 8.90. The summed E-state index contributed by atoms with van der Waals surface area (Å²) in [5.41, 5.74) is 0. The van der Waals surface area contributed by atoms with E-state index in [1.807, 2.05) is 13.8 Å². The van der Waals surface area contributed by atoms with Gasteiger partial charge in [-0.1, -0.05) is 25.9 Å². The first-order valence-electron chi connectivity index (χ1n) is 6.22. The van der Waals surface area contributed by atoms with Crippen LogP contribution in [0.3, 0.4) is 0 Å². The van der Waals surface area contributed by atoms with Crippen molar-refractivity contribution in [1.29, 1.82) is 0 Å². The van der Waals surface area contributed by atoms with Crippen molar-refractivity contribution in [2.24, 2.45) is 5.92 Å². The van der Waals surface area contributed by atoms with Gasteiger partial charge in [-0.3, -0.25) is 9.59 Å². The Bertz CT molecular complexity index is 442. The maximum atomic E-state index is 11.5. The molecule has 7 nitrogen and oxygen atoms in total. The van der Waals surface area contributed by atoms with Crippen LogP contribution in [0.15, 0.2) is 4.52 Å². The van der Waals surface area contributed by atoms with Crippen molar-refractivity contribution in [3.63, 3.8) is 0 Å². The van der Waals surface area contributed by atoms with E-state index in [0.29, 0.717) is 18.1 Å². The molecule has 0 aliphatic carbocycles. The molecule has 106 valence electrons. The lowest BCUT2D eigenvalue weighted by atomic mass is 10.2. The number of carbonyl (C=O) groups is 2. The molecule has 7 heteroatoms. The topological polar surface area (TPSA) is 105 Å². The number of nitrogens with zero attached hydrogens (tertiary/aromatic N) is 2. The van der Waals surface area contributed by atoms with Crippen LogP contribution in [-0.4, -0.2) is 33.7 Å². The van der Waals surface area contributed by atoms with Crippen LogP contribution >= 0.6 is 0 Å². The molecule has 1 rings (SSSR count). The fourth-order valence-corrected chi connectivity index (χ4v) is 1.27. The number of carboxylic acids is 1. The van der Waals surface area contributed by atoms with E-state index in [1.54, 1.807) is 0 Å². The van der Waals surface area contributed by atoms with Gasteiger partial charge in [-0.15, -0.1) is 0 Å². The molecule has 0 bridgehead atoms. The number of amides is 1. The minimum absolute atomic E-state index is 0.120. The number of carbonyl (C=O) groups excluding carboxylic acids is 1. The summed E-state index contributed by atoms with van der Waals surface area (Å²) in [7, 11) is 0. The van der Waals surface area contributed by atoms with Gasteiger partial charge in [0.2, 0.25) is 11.8 Å². The van der Waals surface area contributed by atoms with E-state index in [-0.39, 0.29) is 24.8 Å². The van der Waals surface area contributed by atoms with Gasteiger partial charge in [-0.2, -0.15) is 4.98 Å². The van der Waals surface area contributed by atoms with E-state index >= 15 is 0 Å². The van der Waals surface area contributed by atoms with E-state index in [1.165, 1.54) is 6.92 Å². The molecule has 1 aromatic heterocycles. The molecule has 0 saturated carbocycles.